The summed E-state index contributed by atoms with van der Waals surface area (Å²) in [4.78, 5) is 76.2. The Morgan fingerprint density at radius 3 is 0.971 bits per heavy atom. The third-order valence-corrected chi connectivity index (χ3v) is 13.6. The van der Waals surface area contributed by atoms with Crippen molar-refractivity contribution in [3.05, 3.63) is 155 Å². The van der Waals surface area contributed by atoms with Gasteiger partial charge in [-0.05, 0) is 194 Å². The molecule has 6 N–H and O–H groups in total. The summed E-state index contributed by atoms with van der Waals surface area (Å²) in [6, 6.07) is 21.8. The minimum absolute atomic E-state index is 0. The minimum atomic E-state index is -1.06. The van der Waals surface area contributed by atoms with Gasteiger partial charge in [0.2, 0.25) is 0 Å². The van der Waals surface area contributed by atoms with Crippen LogP contribution in [0.25, 0.3) is 0 Å². The van der Waals surface area contributed by atoms with Crippen LogP contribution in [0.1, 0.15) is 249 Å². The normalized spacial score (nSPS) is 13.1. The molecule has 3 radical (unpaired) electrons. The number of nitrogens with zero attached hydrogens (tertiary/aromatic N) is 4. The monoisotopic (exact) mass is 1560 g/mol. The van der Waals surface area contributed by atoms with Crippen LogP contribution in [0.4, 0.5) is 41.9 Å². The van der Waals surface area contributed by atoms with E-state index in [-0.39, 0.29) is 81.5 Å². The molecule has 0 unspecified atom stereocenters. The van der Waals surface area contributed by atoms with Gasteiger partial charge in [-0.2, -0.15) is 5.26 Å². The summed E-state index contributed by atoms with van der Waals surface area (Å²) in [7, 11) is 0. The number of nitrogens with one attached hydrogen (secondary N) is 2. The van der Waals surface area contributed by atoms with E-state index in [4.69, 9.17) is 49.9 Å². The molecule has 26 nitrogen and oxygen atoms in total. The van der Waals surface area contributed by atoms with Gasteiger partial charge in [0.05, 0.1) is 26.4 Å². The predicted octanol–water partition coefficient (Wildman–Crippen LogP) is 18.0. The van der Waals surface area contributed by atoms with E-state index >= 15 is 0 Å². The van der Waals surface area contributed by atoms with Crippen LogP contribution in [-0.4, -0.2) is 110 Å². The molecule has 105 heavy (non-hydrogen) atoms. The van der Waals surface area contributed by atoms with Crippen molar-refractivity contribution < 1.29 is 92.3 Å². The Morgan fingerprint density at radius 1 is 0.448 bits per heavy atom. The maximum absolute atomic E-state index is 11.7. The molecular formula is C77H123BN8O18Pd-. The average molecular weight is 1570 g/mol. The van der Waals surface area contributed by atoms with E-state index < -0.39 is 61.7 Å². The van der Waals surface area contributed by atoms with Gasteiger partial charge in [-0.3, -0.25) is 30.3 Å². The number of non-ortho nitro benzene ring substituents is 3. The van der Waals surface area contributed by atoms with Crippen LogP contribution in [0.15, 0.2) is 72.8 Å². The smallest absolute Gasteiger partial charge is 0.444 e. The quantitative estimate of drug-likeness (QED) is 0.0186. The van der Waals surface area contributed by atoms with E-state index in [1.165, 1.54) is 74.4 Å². The summed E-state index contributed by atoms with van der Waals surface area (Å²) >= 11 is 0. The molecule has 593 valence electrons. The molecule has 3 heterocycles. The van der Waals surface area contributed by atoms with Crippen molar-refractivity contribution in [1.29, 1.82) is 5.26 Å². The number of alkyl carbamates (subject to hydrolysis) is 2. The molecule has 0 aromatic heterocycles. The molecule has 0 saturated carbocycles. The number of nitrogen functional groups attached to an aromatic ring is 1. The summed E-state index contributed by atoms with van der Waals surface area (Å²) in [5.41, 5.74) is 16.3. The Morgan fingerprint density at radius 2 is 0.714 bits per heavy atom. The van der Waals surface area contributed by atoms with Gasteiger partial charge < -0.3 is 67.4 Å². The van der Waals surface area contributed by atoms with Gasteiger partial charge in [-0.15, -0.1) is 0 Å². The first-order valence-corrected chi connectivity index (χ1v) is 34.2. The molecule has 3 fully saturated rings. The third kappa shape index (κ3) is 48.1. The van der Waals surface area contributed by atoms with Crippen LogP contribution in [0.3, 0.4) is 0 Å². The SMILES string of the molecule is C1CCOC1.C1CCOC1.C1CCOC1.CC(C)(C)OC(=O)NCc1cc(N)ccc1C(C)(C)C.CC(C)(C)OC(=O)NCc1cc([N+](=O)[O-])ccc1C(C)(C)C.CC(C)(C)OC(=O)OC(=O)OC(C)(C)C.CC(C)(C)c1ccc([N+](=O)[O-])cc1C#N.CC(C)(C)c1ccc([N+](=O)[O-])cc1CN.[B].[CH3-].[Pd]. The van der Waals surface area contributed by atoms with E-state index in [0.717, 1.165) is 67.5 Å². The fraction of sp³-hybridized carbons (Fsp3) is 0.610. The fourth-order valence-electron chi connectivity index (χ4n) is 9.15. The second-order valence-corrected chi connectivity index (χ2v) is 32.1. The van der Waals surface area contributed by atoms with Crippen molar-refractivity contribution in [1.82, 2.24) is 10.6 Å². The van der Waals surface area contributed by atoms with Gasteiger partial charge in [0.25, 0.3) is 17.1 Å². The maximum atomic E-state index is 11.7. The van der Waals surface area contributed by atoms with Crippen molar-refractivity contribution in [3.8, 4) is 6.07 Å². The molecule has 0 aliphatic carbocycles. The summed E-state index contributed by atoms with van der Waals surface area (Å²) in [6.07, 6.45) is 4.59. The fourth-order valence-corrected chi connectivity index (χ4v) is 9.15. The first-order chi connectivity index (χ1) is 46.6. The Kier molecular flexibility index (Phi) is 47.1. The topological polar surface area (TPSA) is 371 Å². The van der Waals surface area contributed by atoms with Crippen LogP contribution in [0.2, 0.25) is 0 Å². The number of nitro benzene ring substituents is 3. The number of carbonyl (C=O) groups is 4. The molecule has 0 spiro atoms. The Bertz CT molecular complexity index is 3280. The van der Waals surface area contributed by atoms with Crippen molar-refractivity contribution in [2.45, 2.75) is 268 Å². The van der Waals surface area contributed by atoms with E-state index in [0.29, 0.717) is 29.9 Å². The number of amides is 2. The van der Waals surface area contributed by atoms with Gasteiger partial charge >= 0.3 is 24.5 Å². The number of hydrogen-bond donors (Lipinski definition) is 4. The largest absolute Gasteiger partial charge is 0.519 e. The van der Waals surface area contributed by atoms with Gasteiger partial charge in [-0.1, -0.05) is 107 Å². The predicted molar refractivity (Wildman–Crippen MR) is 410 cm³/mol. The van der Waals surface area contributed by atoms with Gasteiger partial charge in [-0.25, -0.2) is 19.2 Å². The number of ether oxygens (including phenoxy) is 8. The molecule has 0 bridgehead atoms. The molecule has 7 rings (SSSR count). The number of rotatable bonds is 8. The Hall–Kier alpha value is -7.78. The van der Waals surface area contributed by atoms with E-state index in [9.17, 15) is 49.5 Å². The summed E-state index contributed by atoms with van der Waals surface area (Å²) in [6.45, 7) is 52.3. The Labute approximate surface area is 641 Å². The zero-order chi connectivity index (χ0) is 78.8. The van der Waals surface area contributed by atoms with Crippen molar-refractivity contribution >= 4 is 55.7 Å². The first kappa shape index (κ1) is 104. The van der Waals surface area contributed by atoms with Crippen LogP contribution in [0, 0.1) is 49.1 Å². The molecule has 4 aromatic carbocycles. The van der Waals surface area contributed by atoms with E-state index in [1.807, 2.05) is 86.6 Å². The van der Waals surface area contributed by atoms with Crippen LogP contribution < -0.4 is 22.1 Å². The molecule has 3 saturated heterocycles. The number of benzene rings is 4. The van der Waals surface area contributed by atoms with Crippen LogP contribution in [0.5, 0.6) is 0 Å². The molecular weight excluding hydrogens is 1440 g/mol. The summed E-state index contributed by atoms with van der Waals surface area (Å²) < 4.78 is 39.0. The van der Waals surface area contributed by atoms with E-state index in [2.05, 4.69) is 56.9 Å². The standard InChI is InChI=1S/C16H24N2O4.C16H26N2O2.C11H16N2O2.C11H12N2O2.C10H18O5.3C4H8O.CH3.B.Pd/c1-15(2,3)13-8-7-12(18(20)21)9-11(13)10-17-14(19)22-16(4,5)6;1-15(2,3)13-8-7-12(17)9-11(13)10-18-14(19)20-16(4,5)6;2*1-11(2,3)10-5-4-9(13(14)15)6-8(10)7-12;1-9(2,3)14-7(11)13-8(12)15-10(4,5)6;3*1-2-4-5-3-1;;;/h7-9H,10H2,1-6H3,(H,17,19);7-9H,10,17H2,1-6H3,(H,18,19);4-6H,7,12H2,1-3H3;4-6H,1-3H3;1-6H3;3*1-4H2;1H3;;/q;;;;;;;;-1;;. The van der Waals surface area contributed by atoms with Crippen LogP contribution >= 0.6 is 0 Å². The third-order valence-electron chi connectivity index (χ3n) is 13.6. The zero-order valence-electron chi connectivity index (χ0n) is 67.2. The number of nitrogens with two attached hydrogens (primary N) is 2. The zero-order valence-corrected chi connectivity index (χ0v) is 68.8. The van der Waals surface area contributed by atoms with Crippen molar-refractivity contribution in [3.63, 3.8) is 0 Å². The molecule has 2 amide bonds. The van der Waals surface area contributed by atoms with Gasteiger partial charge in [0, 0.05) is 130 Å². The molecule has 4 aromatic rings. The van der Waals surface area contributed by atoms with E-state index in [1.54, 1.807) is 86.6 Å². The molecule has 0 atom stereocenters. The molecule has 3 aliphatic rings. The average Bonchev–Trinajstić information content (AvgIpc) is 1.60. The van der Waals surface area contributed by atoms with Gasteiger partial charge in [0.1, 0.15) is 22.4 Å². The second kappa shape index (κ2) is 47.7. The number of nitro groups is 3. The Balaban J connectivity index is -0.000000575. The molecule has 28 heteroatoms. The first-order valence-electron chi connectivity index (χ1n) is 34.2. The number of carbonyl (C=O) groups excluding carboxylic acids is 4. The van der Waals surface area contributed by atoms with Crippen LogP contribution in [-0.2, 0) is 99.6 Å². The number of nitriles is 1. The second-order valence-electron chi connectivity index (χ2n) is 32.1. The summed E-state index contributed by atoms with van der Waals surface area (Å²) in [5, 5.41) is 46.4. The van der Waals surface area contributed by atoms with Gasteiger partial charge in [0.15, 0.2) is 0 Å². The van der Waals surface area contributed by atoms with Crippen molar-refractivity contribution in [2.24, 2.45) is 5.73 Å². The van der Waals surface area contributed by atoms with Crippen molar-refractivity contribution in [2.75, 3.05) is 45.4 Å². The number of anilines is 1. The molecule has 3 aliphatic heterocycles. The minimum Gasteiger partial charge on any atom is -0.444 e. The summed E-state index contributed by atoms with van der Waals surface area (Å²) in [5.74, 6) is 0. The number of hydrogen-bond acceptors (Lipinski definition) is 21. The maximum Gasteiger partial charge on any atom is 0.519 e.